The zero-order valence-electron chi connectivity index (χ0n) is 16.2. The molecule has 1 saturated heterocycles. The number of hydrogen-bond acceptors (Lipinski definition) is 3. The van der Waals surface area contributed by atoms with Crippen LogP contribution in [0.4, 0.5) is 11.4 Å². The third-order valence-corrected chi connectivity index (χ3v) is 4.69. The molecule has 0 aliphatic carbocycles. The fourth-order valence-electron chi connectivity index (χ4n) is 3.48. The summed E-state index contributed by atoms with van der Waals surface area (Å²) in [6, 6.07) is 6.86. The van der Waals surface area contributed by atoms with Gasteiger partial charge in [0, 0.05) is 39.8 Å². The Bertz CT molecular complexity index is 508. The lowest BCUT2D eigenvalue weighted by atomic mass is 9.84. The van der Waals surface area contributed by atoms with E-state index in [0.29, 0.717) is 5.92 Å². The molecular weight excluding hydrogens is 282 g/mol. The highest BCUT2D eigenvalue weighted by Crippen LogP contribution is 2.39. The lowest BCUT2D eigenvalue weighted by Gasteiger charge is -2.39. The summed E-state index contributed by atoms with van der Waals surface area (Å²) in [6.07, 6.45) is 0. The van der Waals surface area contributed by atoms with Crippen LogP contribution in [0.3, 0.4) is 0 Å². The molecule has 0 radical (unpaired) electrons. The molecule has 1 aliphatic rings. The number of anilines is 2. The SMILES string of the molecule is CC(C)CN(C)c1c(N2CCN(C)CC2)cccc1C(C)(C)C. The van der Waals surface area contributed by atoms with Gasteiger partial charge >= 0.3 is 0 Å². The van der Waals surface area contributed by atoms with Gasteiger partial charge in [-0.1, -0.05) is 46.8 Å². The number of rotatable bonds is 4. The number of para-hydroxylation sites is 1. The van der Waals surface area contributed by atoms with Crippen LogP contribution in [0.15, 0.2) is 18.2 Å². The number of piperazine rings is 1. The van der Waals surface area contributed by atoms with E-state index in [1.54, 1.807) is 0 Å². The molecule has 130 valence electrons. The van der Waals surface area contributed by atoms with E-state index >= 15 is 0 Å². The average molecular weight is 318 g/mol. The summed E-state index contributed by atoms with van der Waals surface area (Å²) in [6.45, 7) is 17.2. The quantitative estimate of drug-likeness (QED) is 0.835. The van der Waals surface area contributed by atoms with Crippen molar-refractivity contribution in [3.8, 4) is 0 Å². The molecule has 2 rings (SSSR count). The second kappa shape index (κ2) is 7.12. The average Bonchev–Trinajstić information content (AvgIpc) is 2.45. The van der Waals surface area contributed by atoms with Gasteiger partial charge in [0.05, 0.1) is 11.4 Å². The predicted molar refractivity (Wildman–Crippen MR) is 103 cm³/mol. The molecule has 0 saturated carbocycles. The Morgan fingerprint density at radius 2 is 1.70 bits per heavy atom. The monoisotopic (exact) mass is 317 g/mol. The van der Waals surface area contributed by atoms with Gasteiger partial charge in [-0.25, -0.2) is 0 Å². The van der Waals surface area contributed by atoms with Crippen LogP contribution >= 0.6 is 0 Å². The minimum absolute atomic E-state index is 0.156. The maximum Gasteiger partial charge on any atom is 0.0639 e. The fraction of sp³-hybridized carbons (Fsp3) is 0.700. The van der Waals surface area contributed by atoms with Crippen molar-refractivity contribution >= 4 is 11.4 Å². The van der Waals surface area contributed by atoms with Crippen LogP contribution in [0.5, 0.6) is 0 Å². The summed E-state index contributed by atoms with van der Waals surface area (Å²) in [7, 11) is 4.47. The van der Waals surface area contributed by atoms with Crippen molar-refractivity contribution in [2.75, 3.05) is 56.6 Å². The smallest absolute Gasteiger partial charge is 0.0639 e. The molecule has 1 aromatic carbocycles. The van der Waals surface area contributed by atoms with E-state index in [2.05, 4.69) is 81.6 Å². The van der Waals surface area contributed by atoms with Gasteiger partial charge in [-0.2, -0.15) is 0 Å². The van der Waals surface area contributed by atoms with E-state index in [4.69, 9.17) is 0 Å². The maximum atomic E-state index is 2.57. The van der Waals surface area contributed by atoms with Crippen molar-refractivity contribution in [2.24, 2.45) is 5.92 Å². The van der Waals surface area contributed by atoms with Gasteiger partial charge in [0.25, 0.3) is 0 Å². The molecule has 1 aliphatic heterocycles. The summed E-state index contributed by atoms with van der Waals surface area (Å²) in [5.41, 5.74) is 4.45. The van der Waals surface area contributed by atoms with E-state index in [0.717, 1.165) is 32.7 Å². The molecule has 0 aromatic heterocycles. The number of benzene rings is 1. The first-order chi connectivity index (χ1) is 10.7. The molecule has 3 heteroatoms. The zero-order chi connectivity index (χ0) is 17.2. The second-order valence-corrected chi connectivity index (χ2v) is 8.49. The van der Waals surface area contributed by atoms with Crippen LogP contribution < -0.4 is 9.80 Å². The van der Waals surface area contributed by atoms with E-state index < -0.39 is 0 Å². The molecule has 0 bridgehead atoms. The molecule has 0 amide bonds. The van der Waals surface area contributed by atoms with Gasteiger partial charge < -0.3 is 14.7 Å². The molecule has 0 atom stereocenters. The second-order valence-electron chi connectivity index (χ2n) is 8.49. The Morgan fingerprint density at radius 1 is 1.09 bits per heavy atom. The van der Waals surface area contributed by atoms with Crippen molar-refractivity contribution in [1.82, 2.24) is 4.90 Å². The van der Waals surface area contributed by atoms with Gasteiger partial charge in [0.2, 0.25) is 0 Å². The first kappa shape index (κ1) is 18.1. The van der Waals surface area contributed by atoms with Gasteiger partial charge in [-0.15, -0.1) is 0 Å². The summed E-state index contributed by atoms with van der Waals surface area (Å²) in [4.78, 5) is 7.46. The van der Waals surface area contributed by atoms with Crippen LogP contribution in [-0.2, 0) is 5.41 Å². The van der Waals surface area contributed by atoms with Crippen molar-refractivity contribution in [2.45, 2.75) is 40.0 Å². The van der Waals surface area contributed by atoms with Crippen LogP contribution in [0.1, 0.15) is 40.2 Å². The van der Waals surface area contributed by atoms with Gasteiger partial charge in [-0.3, -0.25) is 0 Å². The van der Waals surface area contributed by atoms with Crippen LogP contribution in [0.2, 0.25) is 0 Å². The third-order valence-electron chi connectivity index (χ3n) is 4.69. The zero-order valence-corrected chi connectivity index (χ0v) is 16.2. The third kappa shape index (κ3) is 4.41. The molecule has 1 fully saturated rings. The highest BCUT2D eigenvalue weighted by atomic mass is 15.3. The predicted octanol–water partition coefficient (Wildman–Crippen LogP) is 3.83. The first-order valence-corrected chi connectivity index (χ1v) is 8.98. The van der Waals surface area contributed by atoms with Gasteiger partial charge in [-0.05, 0) is 30.0 Å². The molecular formula is C20H35N3. The van der Waals surface area contributed by atoms with Crippen molar-refractivity contribution in [3.63, 3.8) is 0 Å². The van der Waals surface area contributed by atoms with E-state index in [-0.39, 0.29) is 5.41 Å². The molecule has 0 N–H and O–H groups in total. The highest BCUT2D eigenvalue weighted by Gasteiger charge is 2.26. The molecule has 0 unspecified atom stereocenters. The maximum absolute atomic E-state index is 2.57. The van der Waals surface area contributed by atoms with Crippen LogP contribution in [0, 0.1) is 5.92 Å². The Labute approximate surface area is 143 Å². The Morgan fingerprint density at radius 3 is 2.22 bits per heavy atom. The number of nitrogens with zero attached hydrogens (tertiary/aromatic N) is 3. The first-order valence-electron chi connectivity index (χ1n) is 8.98. The summed E-state index contributed by atoms with van der Waals surface area (Å²) >= 11 is 0. The van der Waals surface area contributed by atoms with Crippen LogP contribution in [0.25, 0.3) is 0 Å². The van der Waals surface area contributed by atoms with E-state index in [9.17, 15) is 0 Å². The summed E-state index contributed by atoms with van der Waals surface area (Å²) < 4.78 is 0. The van der Waals surface area contributed by atoms with Crippen LogP contribution in [-0.4, -0.2) is 51.7 Å². The van der Waals surface area contributed by atoms with Gasteiger partial charge in [0.15, 0.2) is 0 Å². The number of likely N-dealkylation sites (N-methyl/N-ethyl adjacent to an activating group) is 1. The Kier molecular flexibility index (Phi) is 5.61. The topological polar surface area (TPSA) is 9.72 Å². The minimum Gasteiger partial charge on any atom is -0.372 e. The van der Waals surface area contributed by atoms with Crippen molar-refractivity contribution in [1.29, 1.82) is 0 Å². The molecule has 1 aromatic rings. The lowest BCUT2D eigenvalue weighted by Crippen LogP contribution is -2.45. The Balaban J connectivity index is 2.44. The highest BCUT2D eigenvalue weighted by molar-refractivity contribution is 5.76. The van der Waals surface area contributed by atoms with E-state index in [1.807, 2.05) is 0 Å². The standard InChI is InChI=1S/C20H35N3/c1-16(2)15-22(7)19-17(20(3,4)5)9-8-10-18(19)23-13-11-21(6)12-14-23/h8-10,16H,11-15H2,1-7H3. The molecule has 23 heavy (non-hydrogen) atoms. The lowest BCUT2D eigenvalue weighted by molar-refractivity contribution is 0.313. The largest absolute Gasteiger partial charge is 0.372 e. The summed E-state index contributed by atoms with van der Waals surface area (Å²) in [5, 5.41) is 0. The fourth-order valence-corrected chi connectivity index (χ4v) is 3.48. The normalized spacial score (nSPS) is 17.0. The van der Waals surface area contributed by atoms with Crippen molar-refractivity contribution in [3.05, 3.63) is 23.8 Å². The summed E-state index contributed by atoms with van der Waals surface area (Å²) in [5.74, 6) is 0.661. The minimum atomic E-state index is 0.156. The van der Waals surface area contributed by atoms with Crippen molar-refractivity contribution < 1.29 is 0 Å². The number of hydrogen-bond donors (Lipinski definition) is 0. The molecule has 3 nitrogen and oxygen atoms in total. The molecule has 0 spiro atoms. The van der Waals surface area contributed by atoms with E-state index in [1.165, 1.54) is 16.9 Å². The molecule has 1 heterocycles. The van der Waals surface area contributed by atoms with Gasteiger partial charge in [0.1, 0.15) is 0 Å². The Hall–Kier alpha value is -1.22.